The minimum absolute atomic E-state index is 0.143. The predicted octanol–water partition coefficient (Wildman–Crippen LogP) is 5.41. The van der Waals surface area contributed by atoms with E-state index in [9.17, 15) is 4.79 Å². The molecule has 0 saturated carbocycles. The van der Waals surface area contributed by atoms with Crippen molar-refractivity contribution in [2.45, 2.75) is 32.6 Å². The number of rotatable bonds is 7. The minimum Gasteiger partial charge on any atom is -0.494 e. The van der Waals surface area contributed by atoms with Crippen molar-refractivity contribution >= 4 is 27.6 Å². The third kappa shape index (κ3) is 5.77. The summed E-state index contributed by atoms with van der Waals surface area (Å²) in [4.78, 5) is 11.9. The van der Waals surface area contributed by atoms with Gasteiger partial charge in [0.05, 0.1) is 19.3 Å². The Bertz CT molecular complexity index is 736. The number of nitrogens with one attached hydrogen (secondary N) is 1. The number of benzene rings is 2. The van der Waals surface area contributed by atoms with Crippen LogP contribution < -0.4 is 10.1 Å². The van der Waals surface area contributed by atoms with Gasteiger partial charge in [0, 0.05) is 16.7 Å². The molecule has 0 unspecified atom stereocenters. The maximum atomic E-state index is 11.9. The maximum Gasteiger partial charge on any atom is 0.340 e. The van der Waals surface area contributed by atoms with E-state index >= 15 is 0 Å². The van der Waals surface area contributed by atoms with Crippen LogP contribution in [0.1, 0.15) is 43.1 Å². The summed E-state index contributed by atoms with van der Waals surface area (Å²) in [6.45, 7) is 7.88. The van der Waals surface area contributed by atoms with Gasteiger partial charge in [-0.15, -0.1) is 0 Å². The van der Waals surface area contributed by atoms with Crippen molar-refractivity contribution in [2.75, 3.05) is 25.6 Å². The molecule has 0 fully saturated rings. The van der Waals surface area contributed by atoms with E-state index in [-0.39, 0.29) is 11.4 Å². The Morgan fingerprint density at radius 1 is 1.12 bits per heavy atom. The third-order valence-corrected chi connectivity index (χ3v) is 4.51. The van der Waals surface area contributed by atoms with Crippen LogP contribution >= 0.6 is 15.9 Å². The minimum atomic E-state index is -0.357. The number of hydrogen-bond acceptors (Lipinski definition) is 4. The molecule has 5 heteroatoms. The molecule has 0 atom stereocenters. The van der Waals surface area contributed by atoms with Crippen LogP contribution in [-0.2, 0) is 10.2 Å². The highest BCUT2D eigenvalue weighted by atomic mass is 79.9. The molecule has 0 radical (unpaired) electrons. The fourth-order valence-corrected chi connectivity index (χ4v) is 2.85. The number of carbonyl (C=O) groups is 1. The number of esters is 1. The summed E-state index contributed by atoms with van der Waals surface area (Å²) in [5.41, 5.74) is 2.71. The van der Waals surface area contributed by atoms with Gasteiger partial charge < -0.3 is 14.8 Å². The molecule has 0 aliphatic heterocycles. The summed E-state index contributed by atoms with van der Waals surface area (Å²) in [6.07, 6.45) is 0.817. The number of halogens is 1. The average Bonchev–Trinajstić information content (AvgIpc) is 2.61. The van der Waals surface area contributed by atoms with E-state index in [1.165, 1.54) is 12.7 Å². The van der Waals surface area contributed by atoms with Gasteiger partial charge in [-0.1, -0.05) is 48.8 Å². The molecule has 0 amide bonds. The molecule has 0 aromatic heterocycles. The third-order valence-electron chi connectivity index (χ3n) is 4.01. The van der Waals surface area contributed by atoms with E-state index in [2.05, 4.69) is 54.2 Å². The monoisotopic (exact) mass is 419 g/mol. The molecule has 0 saturated heterocycles. The van der Waals surface area contributed by atoms with Gasteiger partial charge in [-0.05, 0) is 47.7 Å². The van der Waals surface area contributed by atoms with E-state index in [1.54, 1.807) is 6.07 Å². The zero-order valence-electron chi connectivity index (χ0n) is 15.8. The smallest absolute Gasteiger partial charge is 0.340 e. The highest BCUT2D eigenvalue weighted by Gasteiger charge is 2.13. The number of ether oxygens (including phenoxy) is 2. The molecule has 0 aliphatic carbocycles. The van der Waals surface area contributed by atoms with Crippen LogP contribution in [0.3, 0.4) is 0 Å². The SMILES string of the molecule is COC(=O)c1cc(Br)ccc1NCCCOc1ccc(C(C)(C)C)cc1. The van der Waals surface area contributed by atoms with Gasteiger partial charge in [0.2, 0.25) is 0 Å². The molecule has 1 N–H and O–H groups in total. The summed E-state index contributed by atoms with van der Waals surface area (Å²) < 4.78 is 11.5. The zero-order valence-corrected chi connectivity index (χ0v) is 17.4. The van der Waals surface area contributed by atoms with E-state index < -0.39 is 0 Å². The Balaban J connectivity index is 1.82. The summed E-state index contributed by atoms with van der Waals surface area (Å²) >= 11 is 3.37. The van der Waals surface area contributed by atoms with Crippen molar-refractivity contribution in [3.63, 3.8) is 0 Å². The van der Waals surface area contributed by atoms with Crippen LogP contribution in [0.2, 0.25) is 0 Å². The van der Waals surface area contributed by atoms with Crippen LogP contribution in [0, 0.1) is 0 Å². The van der Waals surface area contributed by atoms with Gasteiger partial charge in [0.25, 0.3) is 0 Å². The molecule has 0 heterocycles. The van der Waals surface area contributed by atoms with Crippen LogP contribution in [0.5, 0.6) is 5.75 Å². The summed E-state index contributed by atoms with van der Waals surface area (Å²) in [5.74, 6) is 0.515. The lowest BCUT2D eigenvalue weighted by molar-refractivity contribution is 0.0601. The number of carbonyl (C=O) groups excluding carboxylic acids is 1. The van der Waals surface area contributed by atoms with Crippen LogP contribution in [0.15, 0.2) is 46.9 Å². The highest BCUT2D eigenvalue weighted by Crippen LogP contribution is 2.24. The first-order valence-corrected chi connectivity index (χ1v) is 9.45. The van der Waals surface area contributed by atoms with Crippen molar-refractivity contribution in [1.82, 2.24) is 0 Å². The summed E-state index contributed by atoms with van der Waals surface area (Å²) in [5, 5.41) is 3.27. The second-order valence-electron chi connectivity index (χ2n) is 7.08. The Kier molecular flexibility index (Phi) is 7.09. The quantitative estimate of drug-likeness (QED) is 0.480. The molecule has 4 nitrogen and oxygen atoms in total. The lowest BCUT2D eigenvalue weighted by Crippen LogP contribution is -2.12. The lowest BCUT2D eigenvalue weighted by atomic mass is 9.87. The Morgan fingerprint density at radius 2 is 1.81 bits per heavy atom. The number of anilines is 1. The fraction of sp³-hybridized carbons (Fsp3) is 0.381. The molecule has 26 heavy (non-hydrogen) atoms. The van der Waals surface area contributed by atoms with Gasteiger partial charge >= 0.3 is 5.97 Å². The molecular weight excluding hydrogens is 394 g/mol. The standard InChI is InChI=1S/C21H26BrNO3/c1-21(2,3)15-6-9-17(10-7-15)26-13-5-12-23-19-11-8-16(22)14-18(19)20(24)25-4/h6-11,14,23H,5,12-13H2,1-4H3. The molecule has 0 aliphatic rings. The molecule has 2 aromatic rings. The van der Waals surface area contributed by atoms with Crippen molar-refractivity contribution in [3.05, 3.63) is 58.1 Å². The van der Waals surface area contributed by atoms with Gasteiger partial charge in [0.1, 0.15) is 5.75 Å². The first-order chi connectivity index (χ1) is 12.3. The molecule has 2 rings (SSSR count). The predicted molar refractivity (Wildman–Crippen MR) is 109 cm³/mol. The maximum absolute atomic E-state index is 11.9. The number of methoxy groups -OCH3 is 1. The topological polar surface area (TPSA) is 47.6 Å². The molecule has 0 spiro atoms. The van der Waals surface area contributed by atoms with Crippen molar-refractivity contribution in [3.8, 4) is 5.75 Å². The second kappa shape index (κ2) is 9.08. The normalized spacial score (nSPS) is 11.1. The van der Waals surface area contributed by atoms with Gasteiger partial charge in [-0.2, -0.15) is 0 Å². The highest BCUT2D eigenvalue weighted by molar-refractivity contribution is 9.10. The van der Waals surface area contributed by atoms with Crippen LogP contribution in [-0.4, -0.2) is 26.2 Å². The average molecular weight is 420 g/mol. The van der Waals surface area contributed by atoms with Gasteiger partial charge in [0.15, 0.2) is 0 Å². The van der Waals surface area contributed by atoms with E-state index in [1.807, 2.05) is 24.3 Å². The first-order valence-electron chi connectivity index (χ1n) is 8.66. The van der Waals surface area contributed by atoms with E-state index in [4.69, 9.17) is 9.47 Å². The van der Waals surface area contributed by atoms with Gasteiger partial charge in [-0.25, -0.2) is 4.79 Å². The Labute approximate surface area is 164 Å². The van der Waals surface area contributed by atoms with Crippen molar-refractivity contribution < 1.29 is 14.3 Å². The largest absolute Gasteiger partial charge is 0.494 e. The number of hydrogen-bond donors (Lipinski definition) is 1. The first kappa shape index (κ1) is 20.3. The molecule has 0 bridgehead atoms. The van der Waals surface area contributed by atoms with Crippen LogP contribution in [0.25, 0.3) is 0 Å². The second-order valence-corrected chi connectivity index (χ2v) is 8.00. The zero-order chi connectivity index (χ0) is 19.2. The molecule has 140 valence electrons. The van der Waals surface area contributed by atoms with Gasteiger partial charge in [-0.3, -0.25) is 0 Å². The van der Waals surface area contributed by atoms with E-state index in [0.717, 1.165) is 22.3 Å². The summed E-state index contributed by atoms with van der Waals surface area (Å²) in [6, 6.07) is 13.7. The summed E-state index contributed by atoms with van der Waals surface area (Å²) in [7, 11) is 1.38. The Morgan fingerprint density at radius 3 is 2.42 bits per heavy atom. The Hall–Kier alpha value is -2.01. The molecular formula is C21H26BrNO3. The fourth-order valence-electron chi connectivity index (χ4n) is 2.49. The lowest BCUT2D eigenvalue weighted by Gasteiger charge is -2.19. The van der Waals surface area contributed by atoms with Crippen LogP contribution in [0.4, 0.5) is 5.69 Å². The van der Waals surface area contributed by atoms with Crippen molar-refractivity contribution in [2.24, 2.45) is 0 Å². The molecule has 2 aromatic carbocycles. The van der Waals surface area contributed by atoms with Crippen molar-refractivity contribution in [1.29, 1.82) is 0 Å². The van der Waals surface area contributed by atoms with E-state index in [0.29, 0.717) is 18.7 Å².